The van der Waals surface area contributed by atoms with Crippen molar-refractivity contribution in [1.29, 1.82) is 0 Å². The molecule has 0 saturated heterocycles. The summed E-state index contributed by atoms with van der Waals surface area (Å²) in [6, 6.07) is 1.77. The maximum absolute atomic E-state index is 12.3. The molecule has 4 nitrogen and oxygen atoms in total. The highest BCUT2D eigenvalue weighted by Crippen LogP contribution is 2.14. The van der Waals surface area contributed by atoms with Gasteiger partial charge < -0.3 is 4.74 Å². The van der Waals surface area contributed by atoms with E-state index in [4.69, 9.17) is 4.74 Å². The number of aryl methyl sites for hydroxylation is 1. The largest absolute Gasteiger partial charge is 0.370 e. The fraction of sp³-hybridized carbons (Fsp3) is 0.692. The summed E-state index contributed by atoms with van der Waals surface area (Å²) >= 11 is 0. The molecule has 1 aromatic rings. The molecule has 0 aliphatic rings. The molecule has 1 heterocycles. The first-order valence-corrected chi connectivity index (χ1v) is 6.29. The number of hydrogen-bond acceptors (Lipinski definition) is 3. The normalized spacial score (nSPS) is 13.0. The van der Waals surface area contributed by atoms with Crippen LogP contribution in [0.25, 0.3) is 0 Å². The molecule has 1 atom stereocenters. The van der Waals surface area contributed by atoms with Crippen LogP contribution < -0.4 is 0 Å². The molecule has 1 aromatic heterocycles. The van der Waals surface area contributed by atoms with Crippen molar-refractivity contribution in [3.8, 4) is 0 Å². The van der Waals surface area contributed by atoms with E-state index in [9.17, 15) is 4.79 Å². The Kier molecular flexibility index (Phi) is 5.35. The molecule has 0 spiro atoms. The Morgan fingerprint density at radius 3 is 2.71 bits per heavy atom. The molecule has 0 aliphatic carbocycles. The summed E-state index contributed by atoms with van der Waals surface area (Å²) in [5, 5.41) is 4.17. The lowest BCUT2D eigenvalue weighted by Gasteiger charge is -2.19. The lowest BCUT2D eigenvalue weighted by molar-refractivity contribution is 0.0271. The second-order valence-electron chi connectivity index (χ2n) is 4.42. The van der Waals surface area contributed by atoms with Gasteiger partial charge in [-0.05, 0) is 25.3 Å². The highest BCUT2D eigenvalue weighted by Gasteiger charge is 2.26. The maximum Gasteiger partial charge on any atom is 0.209 e. The van der Waals surface area contributed by atoms with Crippen LogP contribution in [0.1, 0.15) is 44.6 Å². The smallest absolute Gasteiger partial charge is 0.209 e. The first-order chi connectivity index (χ1) is 8.11. The number of ketones is 1. The Morgan fingerprint density at radius 1 is 1.47 bits per heavy atom. The Balaban J connectivity index is 2.88. The fourth-order valence-electron chi connectivity index (χ4n) is 1.83. The molecule has 0 bridgehead atoms. The van der Waals surface area contributed by atoms with Gasteiger partial charge in [-0.3, -0.25) is 9.48 Å². The fourth-order valence-corrected chi connectivity index (χ4v) is 1.83. The molecule has 0 aromatic carbocycles. The molecule has 0 aliphatic heterocycles. The maximum atomic E-state index is 12.3. The SMILES string of the molecule is CCCn1nccc1C(=O)C(OCC)C(C)C. The van der Waals surface area contributed by atoms with Gasteiger partial charge in [0.1, 0.15) is 11.8 Å². The molecule has 96 valence electrons. The number of nitrogens with zero attached hydrogens (tertiary/aromatic N) is 2. The van der Waals surface area contributed by atoms with Gasteiger partial charge in [-0.2, -0.15) is 5.10 Å². The van der Waals surface area contributed by atoms with Gasteiger partial charge in [0.15, 0.2) is 0 Å². The Hall–Kier alpha value is -1.16. The third-order valence-electron chi connectivity index (χ3n) is 2.61. The molecule has 17 heavy (non-hydrogen) atoms. The van der Waals surface area contributed by atoms with Crippen LogP contribution in [0.3, 0.4) is 0 Å². The number of carbonyl (C=O) groups is 1. The van der Waals surface area contributed by atoms with Gasteiger partial charge in [-0.25, -0.2) is 0 Å². The number of Topliss-reactive ketones (excluding diaryl/α,β-unsaturated/α-hetero) is 1. The third-order valence-corrected chi connectivity index (χ3v) is 2.61. The monoisotopic (exact) mass is 238 g/mol. The van der Waals surface area contributed by atoms with E-state index in [0.29, 0.717) is 12.3 Å². The molecule has 0 saturated carbocycles. The summed E-state index contributed by atoms with van der Waals surface area (Å²) in [6.07, 6.45) is 2.27. The van der Waals surface area contributed by atoms with Gasteiger partial charge in [0.2, 0.25) is 5.78 Å². The zero-order chi connectivity index (χ0) is 12.8. The quantitative estimate of drug-likeness (QED) is 0.686. The summed E-state index contributed by atoms with van der Waals surface area (Å²) in [6.45, 7) is 9.30. The van der Waals surface area contributed by atoms with Gasteiger partial charge in [0.25, 0.3) is 0 Å². The van der Waals surface area contributed by atoms with Crippen LogP contribution in [0.2, 0.25) is 0 Å². The lowest BCUT2D eigenvalue weighted by atomic mass is 10.0. The average Bonchev–Trinajstić information content (AvgIpc) is 2.73. The van der Waals surface area contributed by atoms with Crippen LogP contribution in [-0.2, 0) is 11.3 Å². The van der Waals surface area contributed by atoms with E-state index in [1.807, 2.05) is 20.8 Å². The number of aromatic nitrogens is 2. The molecule has 1 rings (SSSR count). The van der Waals surface area contributed by atoms with E-state index in [1.165, 1.54) is 0 Å². The third kappa shape index (κ3) is 3.40. The van der Waals surface area contributed by atoms with Crippen molar-refractivity contribution >= 4 is 5.78 Å². The number of carbonyl (C=O) groups excluding carboxylic acids is 1. The second kappa shape index (κ2) is 6.55. The standard InChI is InChI=1S/C13H22N2O2/c1-5-9-15-11(7-8-14-15)12(16)13(10(3)4)17-6-2/h7-8,10,13H,5-6,9H2,1-4H3. The Bertz CT molecular complexity index is 358. The molecule has 0 N–H and O–H groups in total. The van der Waals surface area contributed by atoms with Crippen molar-refractivity contribution < 1.29 is 9.53 Å². The first-order valence-electron chi connectivity index (χ1n) is 6.29. The van der Waals surface area contributed by atoms with E-state index in [2.05, 4.69) is 12.0 Å². The molecular weight excluding hydrogens is 216 g/mol. The van der Waals surface area contributed by atoms with E-state index < -0.39 is 0 Å². The Morgan fingerprint density at radius 2 is 2.18 bits per heavy atom. The molecule has 0 radical (unpaired) electrons. The van der Waals surface area contributed by atoms with Gasteiger partial charge in [-0.1, -0.05) is 20.8 Å². The van der Waals surface area contributed by atoms with Crippen LogP contribution in [-0.4, -0.2) is 28.3 Å². The topological polar surface area (TPSA) is 44.1 Å². The predicted molar refractivity (Wildman–Crippen MR) is 67.1 cm³/mol. The molecule has 0 amide bonds. The van der Waals surface area contributed by atoms with Crippen LogP contribution in [0.5, 0.6) is 0 Å². The predicted octanol–water partition coefficient (Wildman–Crippen LogP) is 2.54. The second-order valence-corrected chi connectivity index (χ2v) is 4.42. The molecule has 1 unspecified atom stereocenters. The summed E-state index contributed by atoms with van der Waals surface area (Å²) in [5.41, 5.74) is 0.652. The molecular formula is C13H22N2O2. The van der Waals surface area contributed by atoms with Gasteiger partial charge in [0.05, 0.1) is 0 Å². The number of ether oxygens (including phenoxy) is 1. The van der Waals surface area contributed by atoms with Crippen molar-refractivity contribution in [3.63, 3.8) is 0 Å². The summed E-state index contributed by atoms with van der Waals surface area (Å²) in [7, 11) is 0. The minimum Gasteiger partial charge on any atom is -0.370 e. The van der Waals surface area contributed by atoms with Crippen molar-refractivity contribution in [2.24, 2.45) is 5.92 Å². The highest BCUT2D eigenvalue weighted by atomic mass is 16.5. The van der Waals surface area contributed by atoms with Gasteiger partial charge >= 0.3 is 0 Å². The van der Waals surface area contributed by atoms with Crippen LogP contribution in [0.4, 0.5) is 0 Å². The van der Waals surface area contributed by atoms with Crippen LogP contribution >= 0.6 is 0 Å². The van der Waals surface area contributed by atoms with Crippen molar-refractivity contribution in [1.82, 2.24) is 9.78 Å². The number of hydrogen-bond donors (Lipinski definition) is 0. The first kappa shape index (κ1) is 13.9. The molecule has 0 fully saturated rings. The minimum absolute atomic E-state index is 0.0350. The van der Waals surface area contributed by atoms with E-state index in [-0.39, 0.29) is 17.8 Å². The van der Waals surface area contributed by atoms with Gasteiger partial charge in [-0.15, -0.1) is 0 Å². The van der Waals surface area contributed by atoms with Crippen molar-refractivity contribution in [2.75, 3.05) is 6.61 Å². The van der Waals surface area contributed by atoms with Gasteiger partial charge in [0, 0.05) is 19.3 Å². The summed E-state index contributed by atoms with van der Waals surface area (Å²) in [4.78, 5) is 12.3. The minimum atomic E-state index is -0.368. The van der Waals surface area contributed by atoms with E-state index >= 15 is 0 Å². The molecule has 4 heteroatoms. The summed E-state index contributed by atoms with van der Waals surface area (Å²) in [5.74, 6) is 0.209. The van der Waals surface area contributed by atoms with Crippen LogP contribution in [0, 0.1) is 5.92 Å². The van der Waals surface area contributed by atoms with Crippen molar-refractivity contribution in [3.05, 3.63) is 18.0 Å². The van der Waals surface area contributed by atoms with Crippen LogP contribution in [0.15, 0.2) is 12.3 Å². The Labute approximate surface area is 103 Å². The zero-order valence-electron chi connectivity index (χ0n) is 11.1. The summed E-state index contributed by atoms with van der Waals surface area (Å²) < 4.78 is 7.29. The zero-order valence-corrected chi connectivity index (χ0v) is 11.1. The van der Waals surface area contributed by atoms with E-state index in [0.717, 1.165) is 13.0 Å². The van der Waals surface area contributed by atoms with E-state index in [1.54, 1.807) is 16.9 Å². The highest BCUT2D eigenvalue weighted by molar-refractivity contribution is 5.98. The average molecular weight is 238 g/mol. The number of rotatable bonds is 7. The lowest BCUT2D eigenvalue weighted by Crippen LogP contribution is -2.31. The van der Waals surface area contributed by atoms with Crippen molar-refractivity contribution in [2.45, 2.75) is 46.8 Å².